The van der Waals surface area contributed by atoms with Crippen molar-refractivity contribution in [3.05, 3.63) is 89.0 Å². The highest BCUT2D eigenvalue weighted by atomic mass is 32.1. The van der Waals surface area contributed by atoms with Crippen LogP contribution in [0.4, 0.5) is 11.4 Å². The predicted octanol–water partition coefficient (Wildman–Crippen LogP) is 5.85. The first-order valence-corrected chi connectivity index (χ1v) is 12.2. The quantitative estimate of drug-likeness (QED) is 0.231. The van der Waals surface area contributed by atoms with Crippen molar-refractivity contribution in [3.63, 3.8) is 0 Å². The van der Waals surface area contributed by atoms with Crippen LogP contribution in [-0.4, -0.2) is 30.1 Å². The third-order valence-corrected chi connectivity index (χ3v) is 6.08. The Labute approximate surface area is 216 Å². The molecule has 3 aromatic carbocycles. The first-order chi connectivity index (χ1) is 17.3. The summed E-state index contributed by atoms with van der Waals surface area (Å²) in [4.78, 5) is 30.2. The van der Waals surface area contributed by atoms with E-state index in [0.29, 0.717) is 41.7 Å². The van der Waals surface area contributed by atoms with E-state index >= 15 is 0 Å². The number of nitrogens with zero attached hydrogens (tertiary/aromatic N) is 2. The van der Waals surface area contributed by atoms with E-state index in [1.807, 2.05) is 76.2 Å². The van der Waals surface area contributed by atoms with Crippen molar-refractivity contribution >= 4 is 46.6 Å². The summed E-state index contributed by atoms with van der Waals surface area (Å²) in [5, 5.41) is 0.108. The minimum atomic E-state index is -0.482. The monoisotopic (exact) mass is 500 g/mol. The maximum Gasteiger partial charge on any atom is 0.270 e. The van der Waals surface area contributed by atoms with Crippen molar-refractivity contribution < 1.29 is 19.1 Å². The van der Waals surface area contributed by atoms with Crippen LogP contribution in [0.5, 0.6) is 11.5 Å². The van der Waals surface area contributed by atoms with E-state index in [-0.39, 0.29) is 10.7 Å². The van der Waals surface area contributed by atoms with Gasteiger partial charge in [-0.1, -0.05) is 41.5 Å². The van der Waals surface area contributed by atoms with Crippen molar-refractivity contribution in [2.24, 2.45) is 0 Å². The fraction of sp³-hybridized carbons (Fsp3) is 0.207. The Morgan fingerprint density at radius 3 is 1.67 bits per heavy atom. The second-order valence-corrected chi connectivity index (χ2v) is 8.73. The number of aryl methyl sites for hydroxylation is 2. The summed E-state index contributed by atoms with van der Waals surface area (Å²) in [6, 6.07) is 20.2. The van der Waals surface area contributed by atoms with Gasteiger partial charge < -0.3 is 9.47 Å². The Morgan fingerprint density at radius 2 is 1.19 bits per heavy atom. The van der Waals surface area contributed by atoms with E-state index in [9.17, 15) is 9.59 Å². The molecule has 1 fully saturated rings. The number of hydrogen-bond acceptors (Lipinski definition) is 5. The number of rotatable bonds is 7. The van der Waals surface area contributed by atoms with Crippen molar-refractivity contribution in [2.75, 3.05) is 23.0 Å². The number of benzene rings is 3. The van der Waals surface area contributed by atoms with Crippen molar-refractivity contribution in [1.82, 2.24) is 0 Å². The molecule has 3 aromatic rings. The molecule has 0 radical (unpaired) electrons. The highest BCUT2D eigenvalue weighted by Crippen LogP contribution is 2.33. The summed E-state index contributed by atoms with van der Waals surface area (Å²) in [6.07, 6.45) is 1.58. The molecular weight excluding hydrogens is 472 g/mol. The minimum absolute atomic E-state index is 0.00337. The van der Waals surface area contributed by atoms with Crippen LogP contribution in [0.25, 0.3) is 6.08 Å². The number of carbonyl (C=O) groups is 2. The Morgan fingerprint density at radius 1 is 0.722 bits per heavy atom. The molecule has 0 atom stereocenters. The molecule has 2 amide bonds. The lowest BCUT2D eigenvalue weighted by Gasteiger charge is -2.36. The van der Waals surface area contributed by atoms with Gasteiger partial charge in [-0.25, -0.2) is 0 Å². The van der Waals surface area contributed by atoms with Crippen LogP contribution in [-0.2, 0) is 9.59 Å². The lowest BCUT2D eigenvalue weighted by atomic mass is 10.0. The van der Waals surface area contributed by atoms with Gasteiger partial charge >= 0.3 is 0 Å². The molecule has 0 aliphatic carbocycles. The third kappa shape index (κ3) is 5.02. The summed E-state index contributed by atoms with van der Waals surface area (Å²) in [5.41, 5.74) is 3.92. The van der Waals surface area contributed by atoms with E-state index in [2.05, 4.69) is 0 Å². The van der Waals surface area contributed by atoms with Gasteiger partial charge in [0.15, 0.2) is 16.6 Å². The molecule has 0 unspecified atom stereocenters. The van der Waals surface area contributed by atoms with Crippen LogP contribution >= 0.6 is 12.2 Å². The van der Waals surface area contributed by atoms with Gasteiger partial charge in [0.05, 0.1) is 24.6 Å². The minimum Gasteiger partial charge on any atom is -0.490 e. The van der Waals surface area contributed by atoms with E-state index in [1.54, 1.807) is 24.3 Å². The van der Waals surface area contributed by atoms with Crippen LogP contribution in [0.1, 0.15) is 30.5 Å². The normalized spacial score (nSPS) is 13.8. The molecule has 1 aliphatic heterocycles. The average Bonchev–Trinajstić information content (AvgIpc) is 2.86. The first kappa shape index (κ1) is 25.1. The molecule has 36 heavy (non-hydrogen) atoms. The van der Waals surface area contributed by atoms with Crippen LogP contribution in [0.3, 0.4) is 0 Å². The van der Waals surface area contributed by atoms with Crippen LogP contribution in [0.2, 0.25) is 0 Å². The zero-order chi connectivity index (χ0) is 25.8. The lowest BCUT2D eigenvalue weighted by Crippen LogP contribution is -2.56. The summed E-state index contributed by atoms with van der Waals surface area (Å²) in [7, 11) is 0. The number of ether oxygens (including phenoxy) is 2. The topological polar surface area (TPSA) is 59.1 Å². The average molecular weight is 501 g/mol. The lowest BCUT2D eigenvalue weighted by molar-refractivity contribution is -0.120. The second kappa shape index (κ2) is 10.7. The Balaban J connectivity index is 1.84. The molecule has 0 saturated carbocycles. The maximum atomic E-state index is 13.7. The zero-order valence-electron chi connectivity index (χ0n) is 20.8. The fourth-order valence-electron chi connectivity index (χ4n) is 3.90. The van der Waals surface area contributed by atoms with Crippen LogP contribution in [0, 0.1) is 13.8 Å². The Bertz CT molecular complexity index is 1260. The summed E-state index contributed by atoms with van der Waals surface area (Å²) in [6.45, 7) is 8.66. The number of amides is 2. The highest BCUT2D eigenvalue weighted by Gasteiger charge is 2.41. The molecule has 0 bridgehead atoms. The van der Waals surface area contributed by atoms with Gasteiger partial charge in [0, 0.05) is 0 Å². The Kier molecular flexibility index (Phi) is 7.50. The van der Waals surface area contributed by atoms with Crippen molar-refractivity contribution in [3.8, 4) is 11.5 Å². The molecule has 0 spiro atoms. The Hall–Kier alpha value is -3.97. The largest absolute Gasteiger partial charge is 0.490 e. The molecule has 1 saturated heterocycles. The van der Waals surface area contributed by atoms with E-state index in [4.69, 9.17) is 21.7 Å². The summed E-state index contributed by atoms with van der Waals surface area (Å²) in [5.74, 6) is 0.186. The van der Waals surface area contributed by atoms with Gasteiger partial charge in [0.25, 0.3) is 11.8 Å². The number of thiocarbonyl (C=S) groups is 1. The van der Waals surface area contributed by atoms with Gasteiger partial charge in [0.1, 0.15) is 5.57 Å². The number of carbonyl (C=O) groups excluding carboxylic acids is 2. The molecule has 4 rings (SSSR count). The maximum absolute atomic E-state index is 13.7. The van der Waals surface area contributed by atoms with Crippen molar-refractivity contribution in [2.45, 2.75) is 27.7 Å². The third-order valence-electron chi connectivity index (χ3n) is 5.71. The number of hydrogen-bond donors (Lipinski definition) is 0. The molecule has 1 aliphatic rings. The molecule has 184 valence electrons. The number of anilines is 2. The van der Waals surface area contributed by atoms with Gasteiger partial charge in [-0.15, -0.1) is 0 Å². The smallest absolute Gasteiger partial charge is 0.270 e. The standard InChI is InChI=1S/C29H28N2O4S/c1-5-34-25-16-11-21(18-26(25)35-6-2)17-24-27(32)30(22-12-7-19(3)8-13-22)29(36)31(28(24)33)23-14-9-20(4)10-15-23/h7-18H,5-6H2,1-4H3. The van der Waals surface area contributed by atoms with Gasteiger partial charge in [-0.3, -0.25) is 19.4 Å². The van der Waals surface area contributed by atoms with E-state index < -0.39 is 11.8 Å². The zero-order valence-corrected chi connectivity index (χ0v) is 21.6. The molecule has 0 N–H and O–H groups in total. The highest BCUT2D eigenvalue weighted by molar-refractivity contribution is 7.81. The van der Waals surface area contributed by atoms with Gasteiger partial charge in [0.2, 0.25) is 0 Å². The first-order valence-electron chi connectivity index (χ1n) is 11.8. The molecule has 6 nitrogen and oxygen atoms in total. The molecule has 1 heterocycles. The summed E-state index contributed by atoms with van der Waals surface area (Å²) >= 11 is 5.70. The molecule has 7 heteroatoms. The predicted molar refractivity (Wildman–Crippen MR) is 147 cm³/mol. The van der Waals surface area contributed by atoms with Crippen LogP contribution in [0.15, 0.2) is 72.3 Å². The van der Waals surface area contributed by atoms with E-state index in [0.717, 1.165) is 11.1 Å². The van der Waals surface area contributed by atoms with Crippen LogP contribution < -0.4 is 19.3 Å². The van der Waals surface area contributed by atoms with Gasteiger partial charge in [-0.2, -0.15) is 0 Å². The van der Waals surface area contributed by atoms with Crippen molar-refractivity contribution in [1.29, 1.82) is 0 Å². The van der Waals surface area contributed by atoms with E-state index in [1.165, 1.54) is 9.80 Å². The second-order valence-electron chi connectivity index (χ2n) is 8.37. The fourth-order valence-corrected chi connectivity index (χ4v) is 4.27. The molecule has 0 aromatic heterocycles. The van der Waals surface area contributed by atoms with Gasteiger partial charge in [-0.05, 0) is 88.0 Å². The summed E-state index contributed by atoms with van der Waals surface area (Å²) < 4.78 is 11.4. The molecular formula is C29H28N2O4S. The SMILES string of the molecule is CCOc1ccc(C=C2C(=O)N(c3ccc(C)cc3)C(=S)N(c3ccc(C)cc3)C2=O)cc1OCC.